The highest BCUT2D eigenvalue weighted by atomic mass is 35.6. The molecule has 1 N–H and O–H groups in total. The zero-order valence-electron chi connectivity index (χ0n) is 11.1. The van der Waals surface area contributed by atoms with Crippen molar-refractivity contribution in [3.63, 3.8) is 0 Å². The molecule has 1 atom stereocenters. The van der Waals surface area contributed by atoms with Crippen molar-refractivity contribution >= 4 is 81.2 Å². The first-order chi connectivity index (χ1) is 9.32. The molecule has 1 aromatic carbocycles. The SMILES string of the molecule is CC(C)C(O)c1cccc(C(Cl)(Cl)C(Cl)(Cl)C(Cl)(Cl)Cl)c1. The van der Waals surface area contributed by atoms with E-state index in [1.54, 1.807) is 24.3 Å². The summed E-state index contributed by atoms with van der Waals surface area (Å²) >= 11 is 42.0. The zero-order chi connectivity index (χ0) is 16.6. The number of aliphatic hydroxyl groups excluding tert-OH is 1. The highest BCUT2D eigenvalue weighted by molar-refractivity contribution is 6.78. The Labute approximate surface area is 159 Å². The van der Waals surface area contributed by atoms with Gasteiger partial charge in [0, 0.05) is 0 Å². The fraction of sp³-hybridized carbons (Fsp3) is 0.538. The fourth-order valence-corrected chi connectivity index (χ4v) is 3.11. The van der Waals surface area contributed by atoms with E-state index in [0.29, 0.717) is 11.1 Å². The second kappa shape index (κ2) is 6.99. The molecule has 1 unspecified atom stereocenters. The van der Waals surface area contributed by atoms with E-state index in [1.807, 2.05) is 13.8 Å². The van der Waals surface area contributed by atoms with Crippen molar-refractivity contribution in [1.29, 1.82) is 0 Å². The number of alkyl halides is 7. The van der Waals surface area contributed by atoms with Gasteiger partial charge < -0.3 is 5.11 Å². The van der Waals surface area contributed by atoms with Crippen LogP contribution in [0.5, 0.6) is 0 Å². The number of rotatable bonds is 4. The maximum absolute atomic E-state index is 10.1. The van der Waals surface area contributed by atoms with E-state index in [1.165, 1.54) is 0 Å². The molecule has 21 heavy (non-hydrogen) atoms. The molecule has 0 aromatic heterocycles. The number of hydrogen-bond donors (Lipinski definition) is 1. The van der Waals surface area contributed by atoms with Crippen LogP contribution in [0, 0.1) is 5.92 Å². The minimum absolute atomic E-state index is 0.00485. The smallest absolute Gasteiger partial charge is 0.226 e. The summed E-state index contributed by atoms with van der Waals surface area (Å²) in [5, 5.41) is 10.1. The van der Waals surface area contributed by atoms with Crippen molar-refractivity contribution in [2.75, 3.05) is 0 Å². The lowest BCUT2D eigenvalue weighted by atomic mass is 9.96. The van der Waals surface area contributed by atoms with Crippen LogP contribution in [0.2, 0.25) is 0 Å². The van der Waals surface area contributed by atoms with E-state index in [4.69, 9.17) is 81.2 Å². The Bertz CT molecular complexity index is 494. The van der Waals surface area contributed by atoms with Crippen LogP contribution in [0.15, 0.2) is 24.3 Å². The van der Waals surface area contributed by atoms with Crippen molar-refractivity contribution in [1.82, 2.24) is 0 Å². The molecule has 0 aliphatic carbocycles. The van der Waals surface area contributed by atoms with Crippen LogP contribution >= 0.6 is 81.2 Å². The van der Waals surface area contributed by atoms with Crippen LogP contribution in [0.25, 0.3) is 0 Å². The third kappa shape index (κ3) is 4.19. The van der Waals surface area contributed by atoms with E-state index in [2.05, 4.69) is 0 Å². The molecule has 0 radical (unpaired) electrons. The number of hydrogen-bond acceptors (Lipinski definition) is 1. The van der Waals surface area contributed by atoms with Gasteiger partial charge in [0.05, 0.1) is 6.10 Å². The third-order valence-corrected chi connectivity index (χ3v) is 6.93. The summed E-state index contributed by atoms with van der Waals surface area (Å²) in [7, 11) is 0. The lowest BCUT2D eigenvalue weighted by Gasteiger charge is -2.38. The maximum Gasteiger partial charge on any atom is 0.226 e. The molecule has 0 bridgehead atoms. The molecule has 0 saturated heterocycles. The molecule has 0 aliphatic heterocycles. The molecule has 1 nitrogen and oxygen atoms in total. The Morgan fingerprint density at radius 2 is 1.48 bits per heavy atom. The number of halogens is 7. The van der Waals surface area contributed by atoms with Crippen LogP contribution in [-0.2, 0) is 4.33 Å². The summed E-state index contributed by atoms with van der Waals surface area (Å²) in [4.78, 5) is 0. The van der Waals surface area contributed by atoms with Crippen LogP contribution in [0.4, 0.5) is 0 Å². The summed E-state index contributed by atoms with van der Waals surface area (Å²) in [6.45, 7) is 3.75. The van der Waals surface area contributed by atoms with Crippen LogP contribution in [-0.4, -0.2) is 13.2 Å². The Morgan fingerprint density at radius 3 is 1.90 bits per heavy atom. The molecule has 120 valence electrons. The lowest BCUT2D eigenvalue weighted by molar-refractivity contribution is 0.127. The van der Waals surface area contributed by atoms with Gasteiger partial charge in [-0.25, -0.2) is 0 Å². The highest BCUT2D eigenvalue weighted by Gasteiger charge is 2.60. The van der Waals surface area contributed by atoms with E-state index in [9.17, 15) is 5.11 Å². The summed E-state index contributed by atoms with van der Waals surface area (Å²) in [6, 6.07) is 6.57. The second-order valence-corrected chi connectivity index (χ2v) is 9.90. The van der Waals surface area contributed by atoms with E-state index in [0.717, 1.165) is 0 Å². The second-order valence-electron chi connectivity index (χ2n) is 4.96. The first-order valence-electron chi connectivity index (χ1n) is 5.93. The quantitative estimate of drug-likeness (QED) is 0.534. The average molecular weight is 433 g/mol. The van der Waals surface area contributed by atoms with Crippen molar-refractivity contribution in [3.8, 4) is 0 Å². The molecule has 0 fully saturated rings. The van der Waals surface area contributed by atoms with Crippen molar-refractivity contribution in [3.05, 3.63) is 35.4 Å². The summed E-state index contributed by atoms with van der Waals surface area (Å²) < 4.78 is -6.12. The first-order valence-corrected chi connectivity index (χ1v) is 8.57. The predicted molar refractivity (Wildman–Crippen MR) is 94.4 cm³/mol. The normalized spacial score (nSPS) is 15.4. The number of aliphatic hydroxyl groups is 1. The van der Waals surface area contributed by atoms with Gasteiger partial charge in [0.2, 0.25) is 8.13 Å². The molecule has 8 heteroatoms. The zero-order valence-corrected chi connectivity index (χ0v) is 16.3. The molecular weight excluding hydrogens is 420 g/mol. The van der Waals surface area contributed by atoms with Crippen molar-refractivity contribution in [2.24, 2.45) is 5.92 Å². The van der Waals surface area contributed by atoms with Gasteiger partial charge in [0.1, 0.15) is 0 Å². The monoisotopic (exact) mass is 430 g/mol. The van der Waals surface area contributed by atoms with Gasteiger partial charge in [-0.05, 0) is 17.0 Å². The van der Waals surface area contributed by atoms with Gasteiger partial charge in [-0.15, -0.1) is 0 Å². The summed E-state index contributed by atoms with van der Waals surface area (Å²) in [6.07, 6.45) is -0.693. The van der Waals surface area contributed by atoms with Gasteiger partial charge >= 0.3 is 0 Å². The lowest BCUT2D eigenvalue weighted by Crippen LogP contribution is -2.45. The molecule has 1 aromatic rings. The van der Waals surface area contributed by atoms with E-state index < -0.39 is 18.6 Å². The van der Waals surface area contributed by atoms with Crippen LogP contribution in [0.1, 0.15) is 31.1 Å². The van der Waals surface area contributed by atoms with Crippen molar-refractivity contribution < 1.29 is 5.11 Å². The largest absolute Gasteiger partial charge is 0.388 e. The Hall–Kier alpha value is 1.21. The summed E-state index contributed by atoms with van der Waals surface area (Å²) in [5.74, 6) is 0.00485. The van der Waals surface area contributed by atoms with E-state index in [-0.39, 0.29) is 5.92 Å². The van der Waals surface area contributed by atoms with Crippen LogP contribution < -0.4 is 0 Å². The first kappa shape index (κ1) is 20.3. The van der Waals surface area contributed by atoms with Crippen LogP contribution in [0.3, 0.4) is 0 Å². The minimum atomic E-state index is -2.12. The van der Waals surface area contributed by atoms with Gasteiger partial charge in [-0.1, -0.05) is 119 Å². The average Bonchev–Trinajstić information content (AvgIpc) is 2.36. The molecule has 1 rings (SSSR count). The fourth-order valence-electron chi connectivity index (χ4n) is 1.66. The molecule has 0 heterocycles. The van der Waals surface area contributed by atoms with Gasteiger partial charge in [-0.2, -0.15) is 0 Å². The van der Waals surface area contributed by atoms with Crippen molar-refractivity contribution in [2.45, 2.75) is 32.4 Å². The van der Waals surface area contributed by atoms with Gasteiger partial charge in [-0.3, -0.25) is 0 Å². The third-order valence-electron chi connectivity index (χ3n) is 2.97. The topological polar surface area (TPSA) is 20.2 Å². The molecular formula is C13H13Cl7O. The summed E-state index contributed by atoms with van der Waals surface area (Å²) in [5.41, 5.74) is 0.931. The van der Waals surface area contributed by atoms with Gasteiger partial charge in [0.15, 0.2) is 4.33 Å². The predicted octanol–water partition coefficient (Wildman–Crippen LogP) is 6.55. The van der Waals surface area contributed by atoms with E-state index >= 15 is 0 Å². The maximum atomic E-state index is 10.1. The minimum Gasteiger partial charge on any atom is -0.388 e. The highest BCUT2D eigenvalue weighted by Crippen LogP contribution is 2.60. The molecule has 0 spiro atoms. The molecule has 0 amide bonds. The Balaban J connectivity index is 3.30. The Morgan fingerprint density at radius 1 is 0.952 bits per heavy atom. The van der Waals surface area contributed by atoms with Gasteiger partial charge in [0.25, 0.3) is 0 Å². The standard InChI is InChI=1S/C13H13Cl7O/c1-7(2)10(21)8-4-3-5-9(6-8)11(14,15)12(16,17)13(18,19)20/h3-7,10,21H,1-2H3. The molecule has 0 saturated carbocycles. The molecule has 0 aliphatic rings. The Kier molecular flexibility index (Phi) is 6.74. The number of benzene rings is 1.